The van der Waals surface area contributed by atoms with E-state index in [0.717, 1.165) is 53.0 Å². The van der Waals surface area contributed by atoms with E-state index in [1.165, 1.54) is 5.56 Å². The van der Waals surface area contributed by atoms with Gasteiger partial charge in [-0.25, -0.2) is 4.98 Å². The second kappa shape index (κ2) is 9.84. The van der Waals surface area contributed by atoms with Crippen molar-refractivity contribution in [3.8, 4) is 11.1 Å². The summed E-state index contributed by atoms with van der Waals surface area (Å²) < 4.78 is 0. The monoisotopic (exact) mass is 483 g/mol. The molecule has 0 aliphatic carbocycles. The highest BCUT2D eigenvalue weighted by molar-refractivity contribution is 6.02. The molecular weight excluding hydrogens is 450 g/mol. The summed E-state index contributed by atoms with van der Waals surface area (Å²) in [5.41, 5.74) is 5.96. The Labute approximate surface area is 211 Å². The second-order valence-electron chi connectivity index (χ2n) is 10.5. The van der Waals surface area contributed by atoms with Crippen molar-refractivity contribution in [2.24, 2.45) is 0 Å². The summed E-state index contributed by atoms with van der Waals surface area (Å²) in [6, 6.07) is 16.0. The van der Waals surface area contributed by atoms with Gasteiger partial charge in [-0.3, -0.25) is 9.89 Å². The number of rotatable bonds is 7. The summed E-state index contributed by atoms with van der Waals surface area (Å²) in [4.78, 5) is 17.6. The van der Waals surface area contributed by atoms with Gasteiger partial charge in [0.25, 0.3) is 0 Å². The summed E-state index contributed by atoms with van der Waals surface area (Å²) in [7, 11) is 0. The van der Waals surface area contributed by atoms with Crippen LogP contribution >= 0.6 is 0 Å². The zero-order chi connectivity index (χ0) is 25.3. The van der Waals surface area contributed by atoms with Crippen LogP contribution in [-0.4, -0.2) is 45.2 Å². The first-order valence-corrected chi connectivity index (χ1v) is 12.5. The number of hydrogen-bond acceptors (Lipinski definition) is 6. The minimum atomic E-state index is -0.168. The van der Waals surface area contributed by atoms with Gasteiger partial charge in [-0.2, -0.15) is 5.10 Å². The smallest absolute Gasteiger partial charge is 0.167 e. The number of hydrogen-bond donors (Lipinski definition) is 4. The van der Waals surface area contributed by atoms with Crippen molar-refractivity contribution in [1.82, 2.24) is 20.5 Å². The lowest BCUT2D eigenvalue weighted by Crippen LogP contribution is -2.22. The van der Waals surface area contributed by atoms with Crippen LogP contribution in [0.3, 0.4) is 0 Å². The number of aromatic nitrogens is 3. The zero-order valence-corrected chi connectivity index (χ0v) is 21.1. The maximum atomic E-state index is 13.2. The van der Waals surface area contributed by atoms with Gasteiger partial charge in [0.05, 0.1) is 12.0 Å². The number of nitrogens with zero attached hydrogens (tertiary/aromatic N) is 2. The van der Waals surface area contributed by atoms with Crippen LogP contribution < -0.4 is 10.6 Å². The van der Waals surface area contributed by atoms with Crippen LogP contribution in [0, 0.1) is 0 Å². The summed E-state index contributed by atoms with van der Waals surface area (Å²) >= 11 is 0. The Morgan fingerprint density at radius 1 is 1.11 bits per heavy atom. The Balaban J connectivity index is 1.49. The average molecular weight is 484 g/mol. The van der Waals surface area contributed by atoms with Crippen LogP contribution in [0.25, 0.3) is 22.2 Å². The van der Waals surface area contributed by atoms with E-state index in [2.05, 4.69) is 46.6 Å². The van der Waals surface area contributed by atoms with Crippen molar-refractivity contribution in [2.75, 3.05) is 18.4 Å². The Hall–Kier alpha value is -3.55. The van der Waals surface area contributed by atoms with Gasteiger partial charge < -0.3 is 15.7 Å². The van der Waals surface area contributed by atoms with E-state index in [1.54, 1.807) is 6.20 Å². The number of aliphatic hydroxyl groups excluding tert-OH is 1. The fourth-order valence-electron chi connectivity index (χ4n) is 4.92. The minimum absolute atomic E-state index is 0.0292. The molecule has 0 saturated carbocycles. The van der Waals surface area contributed by atoms with Crippen LogP contribution in [0.1, 0.15) is 54.2 Å². The molecule has 1 aliphatic rings. The van der Waals surface area contributed by atoms with E-state index in [0.29, 0.717) is 17.3 Å². The molecule has 1 fully saturated rings. The lowest BCUT2D eigenvalue weighted by Gasteiger charge is -2.19. The van der Waals surface area contributed by atoms with Crippen LogP contribution in [0.4, 0.5) is 5.82 Å². The SMILES string of the molecule is CC(C)(C)c1ccc(C(=O)Cc2cccc(-c3ccnc4[nH]nc(N[C@@H]5CCNC5)c34)c2CO)cc1. The molecule has 0 amide bonds. The molecule has 2 aromatic carbocycles. The quantitative estimate of drug-likeness (QED) is 0.286. The van der Waals surface area contributed by atoms with Gasteiger partial charge in [-0.15, -0.1) is 0 Å². The molecule has 3 heterocycles. The topological polar surface area (TPSA) is 103 Å². The Morgan fingerprint density at radius 2 is 1.92 bits per heavy atom. The maximum absolute atomic E-state index is 13.2. The number of aromatic amines is 1. The first-order valence-electron chi connectivity index (χ1n) is 12.5. The molecule has 2 aromatic heterocycles. The minimum Gasteiger partial charge on any atom is -0.392 e. The number of pyridine rings is 1. The number of carbonyl (C=O) groups is 1. The molecule has 0 radical (unpaired) electrons. The summed E-state index contributed by atoms with van der Waals surface area (Å²) in [5.74, 6) is 0.785. The van der Waals surface area contributed by atoms with Gasteiger partial charge in [0, 0.05) is 30.8 Å². The Morgan fingerprint density at radius 3 is 2.61 bits per heavy atom. The zero-order valence-electron chi connectivity index (χ0n) is 21.1. The molecule has 4 aromatic rings. The third kappa shape index (κ3) is 4.76. The molecule has 0 bridgehead atoms. The molecule has 36 heavy (non-hydrogen) atoms. The predicted octanol–water partition coefficient (Wildman–Crippen LogP) is 4.61. The summed E-state index contributed by atoms with van der Waals surface area (Å²) in [6.07, 6.45) is 2.99. The fraction of sp³-hybridized carbons (Fsp3) is 0.345. The first kappa shape index (κ1) is 24.2. The van der Waals surface area contributed by atoms with Gasteiger partial charge in [0.15, 0.2) is 17.2 Å². The first-order chi connectivity index (χ1) is 17.3. The molecular formula is C29H33N5O2. The maximum Gasteiger partial charge on any atom is 0.167 e. The van der Waals surface area contributed by atoms with Crippen molar-refractivity contribution in [3.63, 3.8) is 0 Å². The molecule has 0 spiro atoms. The van der Waals surface area contributed by atoms with E-state index in [9.17, 15) is 9.90 Å². The highest BCUT2D eigenvalue weighted by Crippen LogP contribution is 2.35. The van der Waals surface area contributed by atoms with Crippen LogP contribution in [0.5, 0.6) is 0 Å². The molecule has 0 unspecified atom stereocenters. The highest BCUT2D eigenvalue weighted by Gasteiger charge is 2.21. The lowest BCUT2D eigenvalue weighted by molar-refractivity contribution is 0.0992. The second-order valence-corrected chi connectivity index (χ2v) is 10.5. The van der Waals surface area contributed by atoms with Crippen LogP contribution in [0.2, 0.25) is 0 Å². The van der Waals surface area contributed by atoms with E-state index in [-0.39, 0.29) is 24.2 Å². The van der Waals surface area contributed by atoms with E-state index >= 15 is 0 Å². The standard InChI is InChI=1S/C29H33N5O2/c1-29(2,3)20-9-7-18(8-10-20)25(36)15-19-5-4-6-22(24(19)17-35)23-12-14-31-27-26(23)28(34-33-27)32-21-11-13-30-16-21/h4-10,12,14,21,30,35H,11,13,15-17H2,1-3H3,(H2,31,32,33,34)/t21-/m1/s1. The van der Waals surface area contributed by atoms with Gasteiger partial charge in [0.1, 0.15) is 0 Å². The number of benzene rings is 2. The predicted molar refractivity (Wildman–Crippen MR) is 143 cm³/mol. The van der Waals surface area contributed by atoms with Crippen molar-refractivity contribution < 1.29 is 9.90 Å². The van der Waals surface area contributed by atoms with E-state index < -0.39 is 0 Å². The van der Waals surface area contributed by atoms with Gasteiger partial charge in [0.2, 0.25) is 0 Å². The molecule has 1 aliphatic heterocycles. The van der Waals surface area contributed by atoms with Crippen molar-refractivity contribution in [3.05, 3.63) is 77.0 Å². The third-order valence-electron chi connectivity index (χ3n) is 7.01. The Bertz CT molecular complexity index is 1380. The number of Topliss-reactive ketones (excluding diaryl/α,β-unsaturated/α-hetero) is 1. The largest absolute Gasteiger partial charge is 0.392 e. The number of nitrogens with one attached hydrogen (secondary N) is 3. The molecule has 1 atom stereocenters. The van der Waals surface area contributed by atoms with E-state index in [1.807, 2.05) is 48.5 Å². The number of fused-ring (bicyclic) bond motifs is 1. The van der Waals surface area contributed by atoms with Crippen molar-refractivity contribution in [2.45, 2.75) is 51.7 Å². The number of anilines is 1. The Kier molecular flexibility index (Phi) is 6.60. The summed E-state index contributed by atoms with van der Waals surface area (Å²) in [5, 5.41) is 25.7. The van der Waals surface area contributed by atoms with Gasteiger partial charge in [-0.05, 0) is 52.3 Å². The molecule has 186 valence electrons. The molecule has 7 heteroatoms. The normalized spacial score (nSPS) is 15.9. The molecule has 4 N–H and O–H groups in total. The molecule has 7 nitrogen and oxygen atoms in total. The fourth-order valence-corrected chi connectivity index (χ4v) is 4.92. The van der Waals surface area contributed by atoms with Gasteiger partial charge >= 0.3 is 0 Å². The average Bonchev–Trinajstić information content (AvgIpc) is 3.54. The summed E-state index contributed by atoms with van der Waals surface area (Å²) in [6.45, 7) is 8.17. The van der Waals surface area contributed by atoms with Crippen molar-refractivity contribution in [1.29, 1.82) is 0 Å². The molecule has 1 saturated heterocycles. The molecule has 5 rings (SSSR count). The highest BCUT2D eigenvalue weighted by atomic mass is 16.3. The van der Waals surface area contributed by atoms with Gasteiger partial charge in [-0.1, -0.05) is 63.2 Å². The lowest BCUT2D eigenvalue weighted by atomic mass is 9.86. The van der Waals surface area contributed by atoms with Crippen LogP contribution in [-0.2, 0) is 18.4 Å². The van der Waals surface area contributed by atoms with Crippen molar-refractivity contribution >= 4 is 22.6 Å². The number of ketones is 1. The van der Waals surface area contributed by atoms with Crippen LogP contribution in [0.15, 0.2) is 54.7 Å². The third-order valence-corrected chi connectivity index (χ3v) is 7.01. The number of H-pyrrole nitrogens is 1. The number of carbonyl (C=O) groups excluding carboxylic acids is 1. The van der Waals surface area contributed by atoms with E-state index in [4.69, 9.17) is 0 Å². The number of aliphatic hydroxyl groups is 1.